The second-order valence-corrected chi connectivity index (χ2v) is 5.41. The van der Waals surface area contributed by atoms with Gasteiger partial charge in [-0.15, -0.1) is 11.3 Å². The first-order valence-electron chi connectivity index (χ1n) is 5.72. The Morgan fingerprint density at radius 1 is 1.28 bits per heavy atom. The Morgan fingerprint density at radius 2 is 2.00 bits per heavy atom. The molecule has 1 aliphatic rings. The molecule has 18 heavy (non-hydrogen) atoms. The summed E-state index contributed by atoms with van der Waals surface area (Å²) >= 11 is 1.64. The van der Waals surface area contributed by atoms with Gasteiger partial charge in [-0.3, -0.25) is 4.79 Å². The molecule has 1 amide bonds. The molecule has 0 bridgehead atoms. The Bertz CT molecular complexity index is 656. The molecule has 0 fully saturated rings. The first-order valence-corrected chi connectivity index (χ1v) is 6.53. The van der Waals surface area contributed by atoms with Gasteiger partial charge in [-0.05, 0) is 18.1 Å². The zero-order valence-corrected chi connectivity index (χ0v) is 10.8. The van der Waals surface area contributed by atoms with E-state index in [4.69, 9.17) is 5.73 Å². The van der Waals surface area contributed by atoms with Crippen LogP contribution in [0.5, 0.6) is 0 Å². The predicted molar refractivity (Wildman–Crippen MR) is 74.1 cm³/mol. The van der Waals surface area contributed by atoms with Crippen molar-refractivity contribution in [1.29, 1.82) is 0 Å². The molecule has 3 nitrogen and oxygen atoms in total. The predicted octanol–water partition coefficient (Wildman–Crippen LogP) is 2.78. The second-order valence-electron chi connectivity index (χ2n) is 4.31. The maximum absolute atomic E-state index is 11.9. The summed E-state index contributed by atoms with van der Waals surface area (Å²) in [6.45, 7) is 1.98. The van der Waals surface area contributed by atoms with Gasteiger partial charge in [-0.25, -0.2) is 0 Å². The fourth-order valence-electron chi connectivity index (χ4n) is 2.23. The van der Waals surface area contributed by atoms with E-state index in [2.05, 4.69) is 17.1 Å². The third kappa shape index (κ3) is 1.66. The minimum absolute atomic E-state index is 0.204. The van der Waals surface area contributed by atoms with Crippen LogP contribution in [-0.2, 0) is 6.42 Å². The standard InChI is InChI=1S/C14H12N2OS/c1-8-12-10(7-11(15)16-14(12)17)18-13(8)9-5-3-2-4-6-9/h2-6H,7H2,1H3,(H2,15,16,17). The third-order valence-corrected chi connectivity index (χ3v) is 4.40. The van der Waals surface area contributed by atoms with Gasteiger partial charge >= 0.3 is 0 Å². The van der Waals surface area contributed by atoms with Gasteiger partial charge < -0.3 is 5.73 Å². The molecule has 0 spiro atoms. The number of aliphatic imine (C=N–C) groups is 1. The number of amidine groups is 1. The Balaban J connectivity index is 2.17. The van der Waals surface area contributed by atoms with Crippen LogP contribution in [0.4, 0.5) is 0 Å². The summed E-state index contributed by atoms with van der Waals surface area (Å²) in [6.07, 6.45) is 0.583. The zero-order valence-electron chi connectivity index (χ0n) is 9.93. The SMILES string of the molecule is Cc1c(-c2ccccc2)sc2c1C(=O)N=C(N)C2. The van der Waals surface area contributed by atoms with Gasteiger partial charge in [0.1, 0.15) is 5.84 Å². The van der Waals surface area contributed by atoms with Crippen LogP contribution >= 0.6 is 11.3 Å². The molecule has 2 aromatic rings. The highest BCUT2D eigenvalue weighted by Crippen LogP contribution is 2.38. The molecule has 4 heteroatoms. The summed E-state index contributed by atoms with van der Waals surface area (Å²) in [5, 5.41) is 0. The zero-order chi connectivity index (χ0) is 12.7. The molecule has 3 rings (SSSR count). The van der Waals surface area contributed by atoms with Crippen molar-refractivity contribution in [3.05, 3.63) is 46.3 Å². The number of carbonyl (C=O) groups excluding carboxylic acids is 1. The number of fused-ring (bicyclic) bond motifs is 1. The van der Waals surface area contributed by atoms with Crippen molar-refractivity contribution < 1.29 is 4.79 Å². The Labute approximate surface area is 109 Å². The number of thiophene rings is 1. The molecule has 1 aromatic carbocycles. The molecule has 0 radical (unpaired) electrons. The molecule has 0 unspecified atom stereocenters. The molecule has 0 saturated carbocycles. The number of nitrogens with two attached hydrogens (primary N) is 1. The molecule has 2 N–H and O–H groups in total. The van der Waals surface area contributed by atoms with Crippen LogP contribution in [0.3, 0.4) is 0 Å². The van der Waals surface area contributed by atoms with E-state index >= 15 is 0 Å². The lowest BCUT2D eigenvalue weighted by molar-refractivity contribution is 0.1000. The monoisotopic (exact) mass is 256 g/mol. The fraction of sp³-hybridized carbons (Fsp3) is 0.143. The maximum atomic E-state index is 11.9. The molecule has 1 aliphatic heterocycles. The van der Waals surface area contributed by atoms with E-state index in [1.165, 1.54) is 0 Å². The van der Waals surface area contributed by atoms with Gasteiger partial charge in [-0.2, -0.15) is 4.99 Å². The van der Waals surface area contributed by atoms with Gasteiger partial charge in [0.25, 0.3) is 5.91 Å². The number of rotatable bonds is 1. The lowest BCUT2D eigenvalue weighted by Gasteiger charge is -2.07. The maximum Gasteiger partial charge on any atom is 0.280 e. The van der Waals surface area contributed by atoms with Gasteiger partial charge in [0, 0.05) is 16.2 Å². The number of benzene rings is 1. The van der Waals surface area contributed by atoms with E-state index in [0.717, 1.165) is 26.4 Å². The highest BCUT2D eigenvalue weighted by Gasteiger charge is 2.25. The van der Waals surface area contributed by atoms with Crippen molar-refractivity contribution in [2.24, 2.45) is 10.7 Å². The van der Waals surface area contributed by atoms with Crippen LogP contribution in [-0.4, -0.2) is 11.7 Å². The first-order chi connectivity index (χ1) is 8.66. The number of carbonyl (C=O) groups is 1. The van der Waals surface area contributed by atoms with Crippen LogP contribution < -0.4 is 5.73 Å². The van der Waals surface area contributed by atoms with Crippen LogP contribution in [0.2, 0.25) is 0 Å². The van der Waals surface area contributed by atoms with E-state index in [1.54, 1.807) is 11.3 Å². The first kappa shape index (κ1) is 11.2. The smallest absolute Gasteiger partial charge is 0.280 e. The van der Waals surface area contributed by atoms with Gasteiger partial charge in [0.15, 0.2) is 0 Å². The van der Waals surface area contributed by atoms with Crippen molar-refractivity contribution >= 4 is 23.1 Å². The lowest BCUT2D eigenvalue weighted by atomic mass is 10.0. The summed E-state index contributed by atoms with van der Waals surface area (Å²) in [5.41, 5.74) is 8.57. The third-order valence-electron chi connectivity index (χ3n) is 3.06. The number of amides is 1. The summed E-state index contributed by atoms with van der Waals surface area (Å²) in [5.74, 6) is 0.207. The molecule has 90 valence electrons. The Kier molecular flexibility index (Phi) is 2.52. The Morgan fingerprint density at radius 3 is 2.72 bits per heavy atom. The number of hydrogen-bond donors (Lipinski definition) is 1. The van der Waals surface area contributed by atoms with Crippen molar-refractivity contribution in [2.45, 2.75) is 13.3 Å². The van der Waals surface area contributed by atoms with Crippen LogP contribution in [0.1, 0.15) is 20.8 Å². The van der Waals surface area contributed by atoms with E-state index in [9.17, 15) is 4.79 Å². The van der Waals surface area contributed by atoms with Crippen molar-refractivity contribution in [3.63, 3.8) is 0 Å². The minimum atomic E-state index is -0.204. The summed E-state index contributed by atoms with van der Waals surface area (Å²) in [4.78, 5) is 17.9. The van der Waals surface area contributed by atoms with Gasteiger partial charge in [0.05, 0.1) is 5.56 Å². The molecule has 0 aliphatic carbocycles. The van der Waals surface area contributed by atoms with Crippen molar-refractivity contribution in [2.75, 3.05) is 0 Å². The molecule has 2 heterocycles. The van der Waals surface area contributed by atoms with Crippen molar-refractivity contribution in [3.8, 4) is 10.4 Å². The topological polar surface area (TPSA) is 55.5 Å². The minimum Gasteiger partial charge on any atom is -0.387 e. The average molecular weight is 256 g/mol. The van der Waals surface area contributed by atoms with Crippen LogP contribution in [0.25, 0.3) is 10.4 Å². The molecule has 0 saturated heterocycles. The van der Waals surface area contributed by atoms with E-state index in [-0.39, 0.29) is 5.91 Å². The van der Waals surface area contributed by atoms with Gasteiger partial charge in [-0.1, -0.05) is 30.3 Å². The average Bonchev–Trinajstić information content (AvgIpc) is 2.67. The number of nitrogens with zero attached hydrogens (tertiary/aromatic N) is 1. The van der Waals surface area contributed by atoms with Crippen molar-refractivity contribution in [1.82, 2.24) is 0 Å². The molecular weight excluding hydrogens is 244 g/mol. The molecule has 1 aromatic heterocycles. The van der Waals surface area contributed by atoms with E-state index < -0.39 is 0 Å². The van der Waals surface area contributed by atoms with E-state index in [1.807, 2.05) is 25.1 Å². The highest BCUT2D eigenvalue weighted by molar-refractivity contribution is 7.16. The second kappa shape index (κ2) is 4.07. The Hall–Kier alpha value is -1.94. The quantitative estimate of drug-likeness (QED) is 0.853. The lowest BCUT2D eigenvalue weighted by Crippen LogP contribution is -2.22. The van der Waals surface area contributed by atoms with E-state index in [0.29, 0.717) is 12.3 Å². The normalized spacial score (nSPS) is 14.3. The fourth-order valence-corrected chi connectivity index (χ4v) is 3.55. The molecular formula is C14H12N2OS. The highest BCUT2D eigenvalue weighted by atomic mass is 32.1. The number of hydrogen-bond acceptors (Lipinski definition) is 3. The summed E-state index contributed by atoms with van der Waals surface area (Å²) in [7, 11) is 0. The van der Waals surface area contributed by atoms with Crippen LogP contribution in [0.15, 0.2) is 35.3 Å². The molecule has 0 atom stereocenters. The largest absolute Gasteiger partial charge is 0.387 e. The summed E-state index contributed by atoms with van der Waals surface area (Å²) < 4.78 is 0. The summed E-state index contributed by atoms with van der Waals surface area (Å²) in [6, 6.07) is 10.1. The van der Waals surface area contributed by atoms with Gasteiger partial charge in [0.2, 0.25) is 0 Å². The van der Waals surface area contributed by atoms with Crippen LogP contribution in [0, 0.1) is 6.92 Å².